The summed E-state index contributed by atoms with van der Waals surface area (Å²) in [5.41, 5.74) is 15.4. The van der Waals surface area contributed by atoms with Gasteiger partial charge in [0.15, 0.2) is 5.96 Å². The molecule has 8 heteroatoms. The number of imidazole rings is 1. The number of unbranched alkanes of at least 4 members (excludes halogenated alkanes) is 1. The first-order valence-corrected chi connectivity index (χ1v) is 6.90. The molecule has 0 unspecified atom stereocenters. The lowest BCUT2D eigenvalue weighted by Gasteiger charge is -2.04. The summed E-state index contributed by atoms with van der Waals surface area (Å²) in [5.74, 6) is 0.00709. The number of hydrogen-bond donors (Lipinski definition) is 3. The van der Waals surface area contributed by atoms with E-state index in [9.17, 15) is 0 Å². The number of nitrogens with zero attached hydrogens (tertiary/aromatic N) is 4. The number of aromatic nitrogens is 3. The Bertz CT molecular complexity index is 553. The molecule has 0 amide bonds. The molecular weight excluding hydrogens is 262 g/mol. The molecule has 0 aliphatic heterocycles. The Kier molecular flexibility index (Phi) is 4.35. The molecule has 19 heavy (non-hydrogen) atoms. The summed E-state index contributed by atoms with van der Waals surface area (Å²) in [6.45, 7) is 3.07. The van der Waals surface area contributed by atoms with Gasteiger partial charge in [-0.15, -0.1) is 11.3 Å². The zero-order valence-corrected chi connectivity index (χ0v) is 11.5. The van der Waals surface area contributed by atoms with Gasteiger partial charge in [0, 0.05) is 11.9 Å². The van der Waals surface area contributed by atoms with Gasteiger partial charge in [-0.05, 0) is 6.42 Å². The van der Waals surface area contributed by atoms with Gasteiger partial charge in [-0.2, -0.15) is 4.99 Å². The Hall–Kier alpha value is -2.09. The SMILES string of the molecule is CCCCNn1cnc(-c2csc(N=C(N)N)n2)c1. The summed E-state index contributed by atoms with van der Waals surface area (Å²) in [6.07, 6.45) is 5.90. The second-order valence-electron chi connectivity index (χ2n) is 3.98. The minimum atomic E-state index is 0.00709. The lowest BCUT2D eigenvalue weighted by atomic mass is 10.3. The summed E-state index contributed by atoms with van der Waals surface area (Å²) in [5, 5.41) is 2.41. The summed E-state index contributed by atoms with van der Waals surface area (Å²) < 4.78 is 1.84. The fourth-order valence-corrected chi connectivity index (χ4v) is 2.17. The van der Waals surface area contributed by atoms with Crippen LogP contribution in [0, 0.1) is 0 Å². The van der Waals surface area contributed by atoms with Crippen molar-refractivity contribution in [2.75, 3.05) is 12.0 Å². The molecule has 0 spiro atoms. The molecule has 2 heterocycles. The Morgan fingerprint density at radius 3 is 3.05 bits per heavy atom. The van der Waals surface area contributed by atoms with Crippen molar-refractivity contribution in [2.24, 2.45) is 16.5 Å². The molecular formula is C11H17N7S. The number of thiazole rings is 1. The van der Waals surface area contributed by atoms with Crippen LogP contribution in [0.25, 0.3) is 11.4 Å². The van der Waals surface area contributed by atoms with Gasteiger partial charge < -0.3 is 16.9 Å². The van der Waals surface area contributed by atoms with E-state index in [-0.39, 0.29) is 5.96 Å². The quantitative estimate of drug-likeness (QED) is 0.419. The van der Waals surface area contributed by atoms with Gasteiger partial charge in [0.2, 0.25) is 5.13 Å². The summed E-state index contributed by atoms with van der Waals surface area (Å²) in [6, 6.07) is 0. The molecule has 0 aliphatic rings. The number of hydrogen-bond acceptors (Lipinski definition) is 5. The molecule has 0 atom stereocenters. The molecule has 2 rings (SSSR count). The Morgan fingerprint density at radius 2 is 2.32 bits per heavy atom. The molecule has 102 valence electrons. The van der Waals surface area contributed by atoms with Crippen LogP contribution in [0.2, 0.25) is 0 Å². The van der Waals surface area contributed by atoms with Crippen molar-refractivity contribution in [1.82, 2.24) is 14.6 Å². The van der Waals surface area contributed by atoms with E-state index in [0.29, 0.717) is 5.13 Å². The molecule has 0 aliphatic carbocycles. The summed E-state index contributed by atoms with van der Waals surface area (Å²) in [7, 11) is 0. The minimum absolute atomic E-state index is 0.00709. The van der Waals surface area contributed by atoms with E-state index < -0.39 is 0 Å². The van der Waals surface area contributed by atoms with E-state index in [1.807, 2.05) is 16.3 Å². The molecule has 0 radical (unpaired) electrons. The highest BCUT2D eigenvalue weighted by molar-refractivity contribution is 7.13. The molecule has 0 saturated heterocycles. The molecule has 0 aromatic carbocycles. The van der Waals surface area contributed by atoms with Crippen LogP contribution in [0.3, 0.4) is 0 Å². The minimum Gasteiger partial charge on any atom is -0.370 e. The van der Waals surface area contributed by atoms with Gasteiger partial charge in [0.25, 0.3) is 0 Å². The number of rotatable bonds is 6. The predicted octanol–water partition coefficient (Wildman–Crippen LogP) is 1.26. The van der Waals surface area contributed by atoms with Crippen molar-refractivity contribution in [2.45, 2.75) is 19.8 Å². The Balaban J connectivity index is 2.05. The van der Waals surface area contributed by atoms with Crippen molar-refractivity contribution in [3.8, 4) is 11.4 Å². The standard InChI is InChI=1S/C11H17N7S/c1-2-3-4-15-18-5-8(14-7-18)9-6-19-11(16-9)17-10(12)13/h5-7,15H,2-4H2,1H3,(H4,12,13,16,17). The van der Waals surface area contributed by atoms with Crippen LogP contribution in [0.1, 0.15) is 19.8 Å². The number of nitrogens with one attached hydrogen (secondary N) is 1. The van der Waals surface area contributed by atoms with E-state index in [4.69, 9.17) is 11.5 Å². The largest absolute Gasteiger partial charge is 0.370 e. The van der Waals surface area contributed by atoms with Crippen LogP contribution in [-0.4, -0.2) is 27.1 Å². The van der Waals surface area contributed by atoms with Gasteiger partial charge in [0.05, 0.1) is 6.20 Å². The smallest absolute Gasteiger partial charge is 0.212 e. The summed E-state index contributed by atoms with van der Waals surface area (Å²) >= 11 is 1.38. The van der Waals surface area contributed by atoms with Gasteiger partial charge in [-0.25, -0.2) is 9.97 Å². The van der Waals surface area contributed by atoms with Crippen molar-refractivity contribution in [3.05, 3.63) is 17.9 Å². The third-order valence-corrected chi connectivity index (χ3v) is 3.12. The third-order valence-electron chi connectivity index (χ3n) is 2.39. The maximum atomic E-state index is 5.31. The van der Waals surface area contributed by atoms with Crippen molar-refractivity contribution < 1.29 is 0 Å². The maximum Gasteiger partial charge on any atom is 0.212 e. The highest BCUT2D eigenvalue weighted by Crippen LogP contribution is 2.25. The topological polar surface area (TPSA) is 107 Å². The van der Waals surface area contributed by atoms with Gasteiger partial charge >= 0.3 is 0 Å². The van der Waals surface area contributed by atoms with E-state index in [1.165, 1.54) is 11.3 Å². The number of aliphatic imine (C=N–C) groups is 1. The number of nitrogens with two attached hydrogens (primary N) is 2. The first kappa shape index (κ1) is 13.3. The van der Waals surface area contributed by atoms with E-state index >= 15 is 0 Å². The van der Waals surface area contributed by atoms with Crippen molar-refractivity contribution in [3.63, 3.8) is 0 Å². The third kappa shape index (κ3) is 3.68. The van der Waals surface area contributed by atoms with Crippen LogP contribution in [0.15, 0.2) is 22.9 Å². The second-order valence-corrected chi connectivity index (χ2v) is 4.82. The monoisotopic (exact) mass is 279 g/mol. The molecule has 0 fully saturated rings. The van der Waals surface area contributed by atoms with Crippen LogP contribution in [0.5, 0.6) is 0 Å². The molecule has 2 aromatic heterocycles. The molecule has 7 nitrogen and oxygen atoms in total. The van der Waals surface area contributed by atoms with Crippen LogP contribution < -0.4 is 16.9 Å². The van der Waals surface area contributed by atoms with Gasteiger partial charge in [-0.3, -0.25) is 4.68 Å². The van der Waals surface area contributed by atoms with E-state index in [1.54, 1.807) is 6.33 Å². The molecule has 0 bridgehead atoms. The van der Waals surface area contributed by atoms with E-state index in [2.05, 4.69) is 27.3 Å². The van der Waals surface area contributed by atoms with Crippen LogP contribution in [0.4, 0.5) is 5.13 Å². The zero-order valence-electron chi connectivity index (χ0n) is 10.7. The fourth-order valence-electron chi connectivity index (χ4n) is 1.47. The lowest BCUT2D eigenvalue weighted by molar-refractivity contribution is 0.752. The molecule has 0 saturated carbocycles. The molecule has 2 aromatic rings. The average molecular weight is 279 g/mol. The van der Waals surface area contributed by atoms with Crippen molar-refractivity contribution >= 4 is 22.4 Å². The zero-order chi connectivity index (χ0) is 13.7. The Morgan fingerprint density at radius 1 is 1.47 bits per heavy atom. The van der Waals surface area contributed by atoms with Gasteiger partial charge in [0.1, 0.15) is 17.7 Å². The highest BCUT2D eigenvalue weighted by Gasteiger charge is 2.07. The van der Waals surface area contributed by atoms with E-state index in [0.717, 1.165) is 30.8 Å². The average Bonchev–Trinajstić information content (AvgIpc) is 2.97. The van der Waals surface area contributed by atoms with Gasteiger partial charge in [-0.1, -0.05) is 13.3 Å². The molecule has 5 N–H and O–H groups in total. The Labute approximate surface area is 115 Å². The van der Waals surface area contributed by atoms with Crippen LogP contribution >= 0.6 is 11.3 Å². The normalized spacial score (nSPS) is 10.4. The first-order chi connectivity index (χ1) is 9.19. The highest BCUT2D eigenvalue weighted by atomic mass is 32.1. The summed E-state index contributed by atoms with van der Waals surface area (Å²) in [4.78, 5) is 12.5. The maximum absolute atomic E-state index is 5.31. The second kappa shape index (κ2) is 6.19. The lowest BCUT2D eigenvalue weighted by Crippen LogP contribution is -2.21. The predicted molar refractivity (Wildman–Crippen MR) is 77.9 cm³/mol. The fraction of sp³-hybridized carbons (Fsp3) is 0.364. The number of guanidine groups is 1. The van der Waals surface area contributed by atoms with Crippen molar-refractivity contribution in [1.29, 1.82) is 0 Å². The van der Waals surface area contributed by atoms with Crippen LogP contribution in [-0.2, 0) is 0 Å². The first-order valence-electron chi connectivity index (χ1n) is 6.02.